The van der Waals surface area contributed by atoms with Crippen LogP contribution in [0.5, 0.6) is 0 Å². The van der Waals surface area contributed by atoms with E-state index in [4.69, 9.17) is 0 Å². The molecule has 3 heterocycles. The van der Waals surface area contributed by atoms with E-state index in [1.807, 2.05) is 55.5 Å². The molecule has 39 heavy (non-hydrogen) atoms. The Kier molecular flexibility index (Phi) is 6.28. The van der Waals surface area contributed by atoms with Gasteiger partial charge in [-0.25, -0.2) is 14.4 Å². The number of nitrogens with zero attached hydrogens (tertiary/aromatic N) is 3. The maximum atomic E-state index is 14.3. The summed E-state index contributed by atoms with van der Waals surface area (Å²) in [7, 11) is 0. The van der Waals surface area contributed by atoms with Crippen molar-refractivity contribution in [1.29, 1.82) is 0 Å². The first-order valence-electron chi connectivity index (χ1n) is 12.2. The highest BCUT2D eigenvalue weighted by molar-refractivity contribution is 9.10. The predicted octanol–water partition coefficient (Wildman–Crippen LogP) is 6.36. The van der Waals surface area contributed by atoms with Gasteiger partial charge in [0.25, 0.3) is 5.56 Å². The molecule has 6 aromatic rings. The molecular weight excluding hydrogens is 561 g/mol. The highest BCUT2D eigenvalue weighted by Crippen LogP contribution is 2.36. The van der Waals surface area contributed by atoms with E-state index in [0.29, 0.717) is 49.0 Å². The van der Waals surface area contributed by atoms with Gasteiger partial charge in [0, 0.05) is 27.8 Å². The lowest BCUT2D eigenvalue weighted by Crippen LogP contribution is -2.27. The van der Waals surface area contributed by atoms with Crippen molar-refractivity contribution >= 4 is 43.6 Å². The van der Waals surface area contributed by atoms with E-state index in [9.17, 15) is 14.0 Å². The number of hydrogen-bond donors (Lipinski definition) is 2. The second kappa shape index (κ2) is 9.92. The summed E-state index contributed by atoms with van der Waals surface area (Å²) >= 11 is 3.80. The second-order valence-electron chi connectivity index (χ2n) is 9.06. The maximum Gasteiger partial charge on any atom is 0.263 e. The number of pyridine rings is 2. The van der Waals surface area contributed by atoms with Gasteiger partial charge in [-0.3, -0.25) is 14.2 Å². The van der Waals surface area contributed by atoms with Crippen molar-refractivity contribution in [2.75, 3.05) is 5.32 Å². The Hall–Kier alpha value is -4.63. The molecule has 2 N–H and O–H groups in total. The number of fused-ring (bicyclic) bond motifs is 2. The van der Waals surface area contributed by atoms with E-state index >= 15 is 0 Å². The normalized spacial score (nSPS) is 12.1. The van der Waals surface area contributed by atoms with Crippen molar-refractivity contribution < 1.29 is 4.39 Å². The molecule has 6 rings (SSSR count). The Labute approximate surface area is 230 Å². The molecule has 7 nitrogen and oxygen atoms in total. The molecule has 9 heteroatoms. The van der Waals surface area contributed by atoms with Crippen molar-refractivity contribution in [1.82, 2.24) is 19.5 Å². The molecule has 0 unspecified atom stereocenters. The Balaban J connectivity index is 1.62. The molecule has 0 fully saturated rings. The SMILES string of the molecule is C[C@H](Nc1ncnc2[nH]ccc(=O)c12)c1c(Br)c2cccc(-c3ccc(F)cc3)c2c(=O)n1-c1ccccc1. The Morgan fingerprint density at radius 2 is 1.69 bits per heavy atom. The molecule has 0 radical (unpaired) electrons. The summed E-state index contributed by atoms with van der Waals surface area (Å²) in [4.78, 5) is 38.5. The van der Waals surface area contributed by atoms with Gasteiger partial charge in [-0.05, 0) is 58.2 Å². The van der Waals surface area contributed by atoms with Gasteiger partial charge in [0.15, 0.2) is 5.43 Å². The molecule has 0 saturated heterocycles. The van der Waals surface area contributed by atoms with Gasteiger partial charge >= 0.3 is 0 Å². The molecule has 3 aromatic carbocycles. The average Bonchev–Trinajstić information content (AvgIpc) is 2.95. The maximum absolute atomic E-state index is 14.3. The number of para-hydroxylation sites is 1. The zero-order valence-corrected chi connectivity index (χ0v) is 22.2. The molecule has 3 aromatic heterocycles. The lowest BCUT2D eigenvalue weighted by atomic mass is 9.97. The fraction of sp³-hybridized carbons (Fsp3) is 0.0667. The van der Waals surface area contributed by atoms with Crippen LogP contribution < -0.4 is 16.3 Å². The average molecular weight is 582 g/mol. The molecule has 0 aliphatic rings. The number of rotatable bonds is 5. The quantitative estimate of drug-likeness (QED) is 0.247. The molecule has 0 aliphatic carbocycles. The number of aromatic nitrogens is 4. The van der Waals surface area contributed by atoms with E-state index in [2.05, 4.69) is 36.2 Å². The topological polar surface area (TPSA) is 92.7 Å². The summed E-state index contributed by atoms with van der Waals surface area (Å²) in [5, 5.41) is 4.88. The van der Waals surface area contributed by atoms with Gasteiger partial charge in [0.05, 0.1) is 17.1 Å². The third-order valence-electron chi connectivity index (χ3n) is 6.67. The number of hydrogen-bond acceptors (Lipinski definition) is 5. The second-order valence-corrected chi connectivity index (χ2v) is 9.86. The molecule has 0 spiro atoms. The van der Waals surface area contributed by atoms with Crippen LogP contribution in [0.4, 0.5) is 10.2 Å². The minimum Gasteiger partial charge on any atom is -0.361 e. The molecule has 1 atom stereocenters. The number of H-pyrrole nitrogens is 1. The van der Waals surface area contributed by atoms with Crippen molar-refractivity contribution in [3.8, 4) is 16.8 Å². The zero-order chi connectivity index (χ0) is 27.1. The van der Waals surface area contributed by atoms with Gasteiger partial charge in [0.2, 0.25) is 0 Å². The third-order valence-corrected chi connectivity index (χ3v) is 7.50. The summed E-state index contributed by atoms with van der Waals surface area (Å²) < 4.78 is 16.0. The lowest BCUT2D eigenvalue weighted by molar-refractivity contribution is 0.628. The van der Waals surface area contributed by atoms with Crippen molar-refractivity contribution in [2.45, 2.75) is 13.0 Å². The Morgan fingerprint density at radius 3 is 2.46 bits per heavy atom. The number of anilines is 1. The van der Waals surface area contributed by atoms with Gasteiger partial charge in [-0.15, -0.1) is 0 Å². The number of halogens is 2. The van der Waals surface area contributed by atoms with Gasteiger partial charge in [-0.1, -0.05) is 48.5 Å². The summed E-state index contributed by atoms with van der Waals surface area (Å²) in [6.45, 7) is 1.90. The predicted molar refractivity (Wildman–Crippen MR) is 155 cm³/mol. The Bertz CT molecular complexity index is 1970. The molecular formula is C30H21BrFN5O2. The summed E-state index contributed by atoms with van der Waals surface area (Å²) in [5.41, 5.74) is 2.71. The fourth-order valence-electron chi connectivity index (χ4n) is 4.90. The third kappa shape index (κ3) is 4.30. The van der Waals surface area contributed by atoms with Crippen LogP contribution in [0.25, 0.3) is 38.6 Å². The van der Waals surface area contributed by atoms with Gasteiger partial charge in [0.1, 0.15) is 29.0 Å². The molecule has 0 amide bonds. The van der Waals surface area contributed by atoms with Crippen LogP contribution in [-0.4, -0.2) is 19.5 Å². The van der Waals surface area contributed by atoms with Crippen LogP contribution in [0.1, 0.15) is 18.7 Å². The van der Waals surface area contributed by atoms with Gasteiger partial charge < -0.3 is 10.3 Å². The van der Waals surface area contributed by atoms with E-state index < -0.39 is 6.04 Å². The Morgan fingerprint density at radius 1 is 0.923 bits per heavy atom. The van der Waals surface area contributed by atoms with Crippen LogP contribution in [0.3, 0.4) is 0 Å². The van der Waals surface area contributed by atoms with E-state index in [-0.39, 0.29) is 16.8 Å². The first-order valence-corrected chi connectivity index (χ1v) is 13.0. The molecule has 0 bridgehead atoms. The molecule has 0 saturated carbocycles. The minimum atomic E-state index is -0.469. The molecule has 0 aliphatic heterocycles. The fourth-order valence-corrected chi connectivity index (χ4v) is 5.75. The highest BCUT2D eigenvalue weighted by atomic mass is 79.9. The van der Waals surface area contributed by atoms with E-state index in [0.717, 1.165) is 5.56 Å². The number of aromatic amines is 1. The molecule has 192 valence electrons. The van der Waals surface area contributed by atoms with Crippen molar-refractivity contribution in [2.24, 2.45) is 0 Å². The summed E-state index contributed by atoms with van der Waals surface area (Å²) in [6, 6.07) is 22.0. The van der Waals surface area contributed by atoms with E-state index in [1.54, 1.807) is 16.7 Å². The van der Waals surface area contributed by atoms with Gasteiger partial charge in [-0.2, -0.15) is 0 Å². The summed E-state index contributed by atoms with van der Waals surface area (Å²) in [6.07, 6.45) is 2.92. The van der Waals surface area contributed by atoms with Crippen LogP contribution in [0, 0.1) is 5.82 Å². The van der Waals surface area contributed by atoms with Crippen molar-refractivity contribution in [3.63, 3.8) is 0 Å². The number of benzene rings is 3. The van der Waals surface area contributed by atoms with E-state index in [1.165, 1.54) is 30.7 Å². The summed E-state index contributed by atoms with van der Waals surface area (Å²) in [5.74, 6) is 0.00796. The monoisotopic (exact) mass is 581 g/mol. The standard InChI is InChI=1S/C30H21BrFN5O2/c1-17(36-29-25-23(38)14-15-33-28(25)34-16-35-29)27-26(31)22-9-5-8-21(18-10-12-19(32)13-11-18)24(22)30(39)37(27)20-6-3-2-4-7-20/h2-17H,1H3,(H2,33,34,35,36,38)/t17-/m0/s1. The first-order chi connectivity index (χ1) is 18.9. The van der Waals surface area contributed by atoms with Crippen LogP contribution >= 0.6 is 15.9 Å². The van der Waals surface area contributed by atoms with Crippen LogP contribution in [0.15, 0.2) is 105 Å². The lowest BCUT2D eigenvalue weighted by Gasteiger charge is -2.24. The minimum absolute atomic E-state index is 0.221. The highest BCUT2D eigenvalue weighted by Gasteiger charge is 2.24. The van der Waals surface area contributed by atoms with Crippen LogP contribution in [-0.2, 0) is 0 Å². The zero-order valence-electron chi connectivity index (χ0n) is 20.7. The largest absolute Gasteiger partial charge is 0.361 e. The van der Waals surface area contributed by atoms with Crippen molar-refractivity contribution in [3.05, 3.63) is 128 Å². The number of nitrogens with one attached hydrogen (secondary N) is 2. The first kappa shape index (κ1) is 24.7. The van der Waals surface area contributed by atoms with Crippen LogP contribution in [0.2, 0.25) is 0 Å². The smallest absolute Gasteiger partial charge is 0.263 e.